The molecule has 0 bridgehead atoms. The molecule has 0 saturated heterocycles. The van der Waals surface area contributed by atoms with Gasteiger partial charge in [0.25, 0.3) is 0 Å². The number of nitrogens with one attached hydrogen (secondary N) is 2. The molecule has 0 fully saturated rings. The molecular formula is C17H10Cl2N6O3. The number of nitrogens with zero attached hydrogens (tertiary/aromatic N) is 4. The average Bonchev–Trinajstić information content (AvgIpc) is 3.09. The zero-order chi connectivity index (χ0) is 19.8. The molecule has 0 amide bonds. The predicted molar refractivity (Wildman–Crippen MR) is 103 cm³/mol. The number of rotatable bonds is 4. The summed E-state index contributed by atoms with van der Waals surface area (Å²) in [6, 6.07) is 4.89. The first-order valence-corrected chi connectivity index (χ1v) is 8.70. The fourth-order valence-corrected chi connectivity index (χ4v) is 3.27. The fourth-order valence-electron chi connectivity index (χ4n) is 2.84. The number of hydrogen-bond acceptors (Lipinski definition) is 6. The molecule has 2 N–H and O–H groups in total. The van der Waals surface area contributed by atoms with Gasteiger partial charge in [0.1, 0.15) is 12.1 Å². The Morgan fingerprint density at radius 2 is 1.93 bits per heavy atom. The number of aromatic nitrogens is 6. The van der Waals surface area contributed by atoms with Gasteiger partial charge in [0.05, 0.1) is 33.2 Å². The number of carbonyl (C=O) groups is 1. The minimum absolute atomic E-state index is 0.0643. The van der Waals surface area contributed by atoms with Gasteiger partial charge in [-0.25, -0.2) is 0 Å². The molecule has 0 aliphatic carbocycles. The lowest BCUT2D eigenvalue weighted by molar-refractivity contribution is -0.107. The van der Waals surface area contributed by atoms with Crippen LogP contribution in [0, 0.1) is 0 Å². The van der Waals surface area contributed by atoms with Gasteiger partial charge in [-0.3, -0.25) is 19.1 Å². The Bertz CT molecular complexity index is 1330. The number of aldehydes is 1. The molecule has 4 rings (SSSR count). The van der Waals surface area contributed by atoms with Crippen molar-refractivity contribution in [2.75, 3.05) is 0 Å². The number of benzene rings is 1. The van der Waals surface area contributed by atoms with Gasteiger partial charge < -0.3 is 14.8 Å². The van der Waals surface area contributed by atoms with E-state index in [9.17, 15) is 14.4 Å². The summed E-state index contributed by atoms with van der Waals surface area (Å²) in [5, 5.41) is 8.44. The van der Waals surface area contributed by atoms with Crippen molar-refractivity contribution in [3.63, 3.8) is 0 Å². The zero-order valence-electron chi connectivity index (χ0n) is 13.9. The Morgan fingerprint density at radius 1 is 1.14 bits per heavy atom. The summed E-state index contributed by atoms with van der Waals surface area (Å²) < 4.78 is 1.51. The van der Waals surface area contributed by atoms with Crippen molar-refractivity contribution in [1.29, 1.82) is 0 Å². The molecule has 1 aromatic carbocycles. The second-order valence-electron chi connectivity index (χ2n) is 5.74. The number of aromatic amines is 2. The summed E-state index contributed by atoms with van der Waals surface area (Å²) in [5.74, 6) is 0.605. The first-order valence-electron chi connectivity index (χ1n) is 7.94. The van der Waals surface area contributed by atoms with E-state index in [1.54, 1.807) is 24.5 Å². The molecule has 4 aromatic rings. The van der Waals surface area contributed by atoms with Crippen molar-refractivity contribution in [3.05, 3.63) is 67.2 Å². The molecule has 0 spiro atoms. The number of H-pyrrole nitrogens is 2. The maximum atomic E-state index is 11.9. The number of halogens is 2. The number of pyridine rings is 1. The topological polar surface area (TPSA) is 126 Å². The van der Waals surface area contributed by atoms with Gasteiger partial charge in [0.15, 0.2) is 5.82 Å². The summed E-state index contributed by atoms with van der Waals surface area (Å²) in [5.41, 5.74) is -0.379. The number of fused-ring (bicyclic) bond motifs is 1. The molecule has 140 valence electrons. The van der Waals surface area contributed by atoms with Crippen LogP contribution >= 0.6 is 23.2 Å². The highest BCUT2D eigenvalue weighted by Crippen LogP contribution is 2.36. The Hall–Kier alpha value is -3.30. The average molecular weight is 417 g/mol. The van der Waals surface area contributed by atoms with E-state index in [4.69, 9.17) is 23.2 Å². The molecule has 3 aromatic heterocycles. The first-order chi connectivity index (χ1) is 13.5. The molecule has 28 heavy (non-hydrogen) atoms. The predicted octanol–water partition coefficient (Wildman–Crippen LogP) is 1.91. The van der Waals surface area contributed by atoms with E-state index in [1.807, 2.05) is 0 Å². The molecule has 0 unspecified atom stereocenters. The van der Waals surface area contributed by atoms with Crippen LogP contribution in [0.3, 0.4) is 0 Å². The lowest BCUT2D eigenvalue weighted by Gasteiger charge is -2.15. The normalized spacial score (nSPS) is 11.1. The van der Waals surface area contributed by atoms with Crippen molar-refractivity contribution in [2.45, 2.75) is 6.42 Å². The second kappa shape index (κ2) is 7.02. The first kappa shape index (κ1) is 18.1. The van der Waals surface area contributed by atoms with Gasteiger partial charge in [0, 0.05) is 18.0 Å². The van der Waals surface area contributed by atoms with Crippen LogP contribution in [-0.4, -0.2) is 36.0 Å². The third-order valence-electron chi connectivity index (χ3n) is 4.03. The fraction of sp³-hybridized carbons (Fsp3) is 0.0588. The molecule has 0 saturated carbocycles. The lowest BCUT2D eigenvalue weighted by atomic mass is 10.2. The monoisotopic (exact) mass is 416 g/mol. The van der Waals surface area contributed by atoms with Crippen LogP contribution in [0.25, 0.3) is 28.1 Å². The Labute approximate surface area is 166 Å². The van der Waals surface area contributed by atoms with E-state index in [0.717, 1.165) is 0 Å². The Kier molecular flexibility index (Phi) is 4.54. The van der Waals surface area contributed by atoms with E-state index in [1.165, 1.54) is 10.6 Å². The standard InChI is InChI=1S/C17H10Cl2N6O3/c18-9-6-10-13(22-17(28)16(27)21-10)14(12(9)19)25-11(3-5-26)23-24-15(25)8-2-1-4-20-7-8/h1-2,4-7H,3H2,(H,21,27)(H,22,28). The highest BCUT2D eigenvalue weighted by atomic mass is 35.5. The molecule has 3 heterocycles. The minimum atomic E-state index is -0.861. The van der Waals surface area contributed by atoms with Crippen LogP contribution in [0.15, 0.2) is 40.2 Å². The number of carbonyl (C=O) groups excluding carboxylic acids is 1. The van der Waals surface area contributed by atoms with Gasteiger partial charge in [-0.2, -0.15) is 0 Å². The van der Waals surface area contributed by atoms with Gasteiger partial charge in [-0.15, -0.1) is 10.2 Å². The van der Waals surface area contributed by atoms with Gasteiger partial charge >= 0.3 is 11.1 Å². The zero-order valence-corrected chi connectivity index (χ0v) is 15.5. The van der Waals surface area contributed by atoms with Gasteiger partial charge in [0.2, 0.25) is 0 Å². The van der Waals surface area contributed by atoms with Crippen molar-refractivity contribution < 1.29 is 4.79 Å². The summed E-state index contributed by atoms with van der Waals surface area (Å²) in [6.07, 6.45) is 3.76. The van der Waals surface area contributed by atoms with Crippen LogP contribution in [0.4, 0.5) is 0 Å². The van der Waals surface area contributed by atoms with Crippen LogP contribution in [0.5, 0.6) is 0 Å². The molecular weight excluding hydrogens is 407 g/mol. The van der Waals surface area contributed by atoms with Gasteiger partial charge in [-0.05, 0) is 18.2 Å². The summed E-state index contributed by atoms with van der Waals surface area (Å²) >= 11 is 12.7. The highest BCUT2D eigenvalue weighted by Gasteiger charge is 2.22. The quantitative estimate of drug-likeness (QED) is 0.386. The van der Waals surface area contributed by atoms with E-state index in [-0.39, 0.29) is 39.0 Å². The minimum Gasteiger partial charge on any atom is -0.316 e. The van der Waals surface area contributed by atoms with Crippen LogP contribution in [0.1, 0.15) is 5.82 Å². The largest absolute Gasteiger partial charge is 0.316 e. The third kappa shape index (κ3) is 2.90. The van der Waals surface area contributed by atoms with Crippen molar-refractivity contribution in [3.8, 4) is 17.1 Å². The smallest absolute Gasteiger partial charge is 0.314 e. The van der Waals surface area contributed by atoms with Crippen LogP contribution < -0.4 is 11.1 Å². The number of hydrogen-bond donors (Lipinski definition) is 2. The maximum Gasteiger partial charge on any atom is 0.314 e. The second-order valence-corrected chi connectivity index (χ2v) is 6.52. The van der Waals surface area contributed by atoms with Crippen LogP contribution in [0.2, 0.25) is 10.0 Å². The molecule has 0 aliphatic rings. The summed E-state index contributed by atoms with van der Waals surface area (Å²) in [4.78, 5) is 43.9. The van der Waals surface area contributed by atoms with Crippen LogP contribution in [-0.2, 0) is 11.2 Å². The van der Waals surface area contributed by atoms with Crippen molar-refractivity contribution >= 4 is 40.5 Å². The summed E-state index contributed by atoms with van der Waals surface area (Å²) in [7, 11) is 0. The molecule has 0 radical (unpaired) electrons. The molecule has 11 heteroatoms. The maximum absolute atomic E-state index is 11.9. The molecule has 0 atom stereocenters. The highest BCUT2D eigenvalue weighted by molar-refractivity contribution is 6.44. The van der Waals surface area contributed by atoms with Gasteiger partial charge in [-0.1, -0.05) is 23.2 Å². The van der Waals surface area contributed by atoms with E-state index < -0.39 is 11.1 Å². The van der Waals surface area contributed by atoms with Crippen molar-refractivity contribution in [2.24, 2.45) is 0 Å². The van der Waals surface area contributed by atoms with E-state index in [2.05, 4.69) is 25.1 Å². The van der Waals surface area contributed by atoms with Crippen molar-refractivity contribution in [1.82, 2.24) is 29.7 Å². The molecule has 0 aliphatic heterocycles. The summed E-state index contributed by atoms with van der Waals surface area (Å²) in [6.45, 7) is 0. The lowest BCUT2D eigenvalue weighted by Crippen LogP contribution is -2.29. The third-order valence-corrected chi connectivity index (χ3v) is 4.80. The van der Waals surface area contributed by atoms with E-state index in [0.29, 0.717) is 17.7 Å². The Morgan fingerprint density at radius 3 is 2.64 bits per heavy atom. The molecule has 9 nitrogen and oxygen atoms in total. The SMILES string of the molecule is O=CCc1nnc(-c2cccnc2)n1-c1c(Cl)c(Cl)cc2[nH]c(=O)c(=O)[nH]c12. The Balaban J connectivity index is 2.16. The van der Waals surface area contributed by atoms with E-state index >= 15 is 0 Å².